The average Bonchev–Trinajstić information content (AvgIpc) is 2.64. The van der Waals surface area contributed by atoms with Crippen LogP contribution in [0.15, 0.2) is 48.5 Å². The van der Waals surface area contributed by atoms with Crippen molar-refractivity contribution < 1.29 is 19.4 Å². The molecule has 2 rings (SSSR count). The summed E-state index contributed by atoms with van der Waals surface area (Å²) in [5, 5.41) is 12.2. The minimum absolute atomic E-state index is 0.172. The molecule has 0 heterocycles. The second kappa shape index (κ2) is 9.59. The molecule has 0 radical (unpaired) electrons. The number of aromatic carboxylic acids is 1. The smallest absolute Gasteiger partial charge is 0.336 e. The summed E-state index contributed by atoms with van der Waals surface area (Å²) >= 11 is 0. The zero-order valence-electron chi connectivity index (χ0n) is 14.3. The molecule has 0 saturated heterocycles. The van der Waals surface area contributed by atoms with Crippen molar-refractivity contribution in [1.29, 1.82) is 0 Å². The highest BCUT2D eigenvalue weighted by atomic mass is 16.5. The van der Waals surface area contributed by atoms with Gasteiger partial charge in [-0.25, -0.2) is 4.79 Å². The van der Waals surface area contributed by atoms with E-state index in [2.05, 4.69) is 12.2 Å². The summed E-state index contributed by atoms with van der Waals surface area (Å²) in [7, 11) is 0. The molecule has 0 aliphatic rings. The largest absolute Gasteiger partial charge is 0.478 e. The highest BCUT2D eigenvalue weighted by molar-refractivity contribution is 6.04. The average molecular weight is 341 g/mol. The minimum Gasteiger partial charge on any atom is -0.478 e. The number of carbonyl (C=O) groups is 2. The molecule has 0 atom stereocenters. The Hall–Kier alpha value is -2.66. The van der Waals surface area contributed by atoms with Gasteiger partial charge in [-0.1, -0.05) is 49.7 Å². The van der Waals surface area contributed by atoms with Crippen LogP contribution in [0.2, 0.25) is 0 Å². The van der Waals surface area contributed by atoms with Crippen LogP contribution in [0, 0.1) is 0 Å². The molecule has 2 N–H and O–H groups in total. The summed E-state index contributed by atoms with van der Waals surface area (Å²) < 4.78 is 5.43. The Morgan fingerprint density at radius 3 is 2.20 bits per heavy atom. The molecule has 0 aromatic heterocycles. The standard InChI is InChI=1S/C20H23NO4/c1-2-3-13-25-14-12-21-19(22)17-10-6-4-8-15(17)16-9-5-7-11-18(16)20(23)24/h4-11H,2-3,12-14H2,1H3,(H,21,22)(H,23,24). The minimum atomic E-state index is -1.02. The molecule has 0 aliphatic heterocycles. The van der Waals surface area contributed by atoms with E-state index in [0.29, 0.717) is 36.4 Å². The van der Waals surface area contributed by atoms with Crippen LogP contribution in [0.4, 0.5) is 0 Å². The van der Waals surface area contributed by atoms with Gasteiger partial charge in [-0.05, 0) is 29.7 Å². The first-order valence-electron chi connectivity index (χ1n) is 8.42. The first-order chi connectivity index (χ1) is 12.1. The SMILES string of the molecule is CCCCOCCNC(=O)c1ccccc1-c1ccccc1C(=O)O. The summed E-state index contributed by atoms with van der Waals surface area (Å²) in [6, 6.07) is 13.7. The van der Waals surface area contributed by atoms with Crippen molar-refractivity contribution in [2.75, 3.05) is 19.8 Å². The maximum Gasteiger partial charge on any atom is 0.336 e. The molecule has 0 fully saturated rings. The third-order valence-corrected chi connectivity index (χ3v) is 3.79. The predicted octanol–water partition coefficient (Wildman–Crippen LogP) is 3.60. The highest BCUT2D eigenvalue weighted by Gasteiger charge is 2.17. The van der Waals surface area contributed by atoms with E-state index in [-0.39, 0.29) is 11.5 Å². The fourth-order valence-electron chi connectivity index (χ4n) is 2.50. The topological polar surface area (TPSA) is 75.6 Å². The first kappa shape index (κ1) is 18.7. The molecule has 2 aromatic rings. The maximum atomic E-state index is 12.5. The van der Waals surface area contributed by atoms with Crippen molar-refractivity contribution in [2.45, 2.75) is 19.8 Å². The van der Waals surface area contributed by atoms with E-state index in [1.165, 1.54) is 6.07 Å². The van der Waals surface area contributed by atoms with E-state index in [1.807, 2.05) is 0 Å². The lowest BCUT2D eigenvalue weighted by Crippen LogP contribution is -2.27. The number of benzene rings is 2. The fourth-order valence-corrected chi connectivity index (χ4v) is 2.50. The van der Waals surface area contributed by atoms with Crippen LogP contribution in [-0.2, 0) is 4.74 Å². The molecule has 1 amide bonds. The fraction of sp³-hybridized carbons (Fsp3) is 0.300. The third-order valence-electron chi connectivity index (χ3n) is 3.79. The Morgan fingerprint density at radius 2 is 1.56 bits per heavy atom. The molecule has 0 aliphatic carbocycles. The maximum absolute atomic E-state index is 12.5. The van der Waals surface area contributed by atoms with Gasteiger partial charge in [-0.15, -0.1) is 0 Å². The lowest BCUT2D eigenvalue weighted by molar-refractivity contribution is 0.0697. The van der Waals surface area contributed by atoms with Crippen LogP contribution >= 0.6 is 0 Å². The van der Waals surface area contributed by atoms with E-state index in [4.69, 9.17) is 4.74 Å². The van der Waals surface area contributed by atoms with Crippen molar-refractivity contribution >= 4 is 11.9 Å². The van der Waals surface area contributed by atoms with Gasteiger partial charge in [0.2, 0.25) is 0 Å². The molecule has 0 bridgehead atoms. The number of carboxylic acids is 1. The number of rotatable bonds is 9. The van der Waals surface area contributed by atoms with E-state index < -0.39 is 5.97 Å². The van der Waals surface area contributed by atoms with Gasteiger partial charge in [0.15, 0.2) is 0 Å². The van der Waals surface area contributed by atoms with Crippen LogP contribution < -0.4 is 5.32 Å². The van der Waals surface area contributed by atoms with E-state index in [9.17, 15) is 14.7 Å². The summed E-state index contributed by atoms with van der Waals surface area (Å²) in [6.07, 6.45) is 2.07. The van der Waals surface area contributed by atoms with Crippen molar-refractivity contribution in [2.24, 2.45) is 0 Å². The van der Waals surface area contributed by atoms with E-state index in [1.54, 1.807) is 42.5 Å². The molecular weight excluding hydrogens is 318 g/mol. The van der Waals surface area contributed by atoms with Gasteiger partial charge < -0.3 is 15.2 Å². The summed E-state index contributed by atoms with van der Waals surface area (Å²) in [5.74, 6) is -1.26. The Labute approximate surface area is 147 Å². The number of nitrogens with one attached hydrogen (secondary N) is 1. The molecule has 25 heavy (non-hydrogen) atoms. The number of unbranched alkanes of at least 4 members (excludes halogenated alkanes) is 1. The predicted molar refractivity (Wildman–Crippen MR) is 96.9 cm³/mol. The number of carboxylic acid groups (broad SMARTS) is 1. The zero-order valence-corrected chi connectivity index (χ0v) is 14.3. The normalized spacial score (nSPS) is 10.4. The highest BCUT2D eigenvalue weighted by Crippen LogP contribution is 2.27. The second-order valence-corrected chi connectivity index (χ2v) is 5.62. The van der Waals surface area contributed by atoms with Crippen molar-refractivity contribution in [1.82, 2.24) is 5.32 Å². The van der Waals surface area contributed by atoms with Gasteiger partial charge >= 0.3 is 5.97 Å². The number of amides is 1. The summed E-state index contributed by atoms with van der Waals surface area (Å²) in [5.41, 5.74) is 1.75. The quantitative estimate of drug-likeness (QED) is 0.683. The summed E-state index contributed by atoms with van der Waals surface area (Å²) in [6.45, 7) is 3.66. The van der Waals surface area contributed by atoms with Gasteiger partial charge in [0, 0.05) is 18.7 Å². The van der Waals surface area contributed by atoms with Crippen LogP contribution in [0.5, 0.6) is 0 Å². The number of carbonyl (C=O) groups excluding carboxylic acids is 1. The van der Waals surface area contributed by atoms with E-state index >= 15 is 0 Å². The molecule has 5 nitrogen and oxygen atoms in total. The van der Waals surface area contributed by atoms with Crippen LogP contribution in [0.25, 0.3) is 11.1 Å². The molecule has 0 spiro atoms. The molecule has 5 heteroatoms. The lowest BCUT2D eigenvalue weighted by atomic mass is 9.95. The first-order valence-corrected chi connectivity index (χ1v) is 8.42. The van der Waals surface area contributed by atoms with Gasteiger partial charge in [-0.3, -0.25) is 4.79 Å². The second-order valence-electron chi connectivity index (χ2n) is 5.62. The van der Waals surface area contributed by atoms with Gasteiger partial charge in [0.1, 0.15) is 0 Å². The number of hydrogen-bond donors (Lipinski definition) is 2. The molecular formula is C20H23NO4. The van der Waals surface area contributed by atoms with Crippen LogP contribution in [0.1, 0.15) is 40.5 Å². The van der Waals surface area contributed by atoms with Gasteiger partial charge in [0.05, 0.1) is 12.2 Å². The zero-order chi connectivity index (χ0) is 18.1. The Morgan fingerprint density at radius 1 is 0.960 bits per heavy atom. The lowest BCUT2D eigenvalue weighted by Gasteiger charge is -2.12. The number of ether oxygens (including phenoxy) is 1. The summed E-state index contributed by atoms with van der Waals surface area (Å²) in [4.78, 5) is 24.0. The number of hydrogen-bond acceptors (Lipinski definition) is 3. The van der Waals surface area contributed by atoms with Crippen molar-refractivity contribution in [3.63, 3.8) is 0 Å². The third kappa shape index (κ3) is 5.16. The van der Waals surface area contributed by atoms with Crippen molar-refractivity contribution in [3.05, 3.63) is 59.7 Å². The molecule has 132 valence electrons. The molecule has 0 saturated carbocycles. The Bertz CT molecular complexity index is 727. The van der Waals surface area contributed by atoms with Crippen molar-refractivity contribution in [3.8, 4) is 11.1 Å². The van der Waals surface area contributed by atoms with Gasteiger partial charge in [-0.2, -0.15) is 0 Å². The van der Waals surface area contributed by atoms with Crippen LogP contribution in [0.3, 0.4) is 0 Å². The monoisotopic (exact) mass is 341 g/mol. The molecule has 2 aromatic carbocycles. The van der Waals surface area contributed by atoms with Gasteiger partial charge in [0.25, 0.3) is 5.91 Å². The molecule has 0 unspecified atom stereocenters. The van der Waals surface area contributed by atoms with Crippen LogP contribution in [-0.4, -0.2) is 36.7 Å². The Balaban J connectivity index is 2.13. The van der Waals surface area contributed by atoms with E-state index in [0.717, 1.165) is 12.8 Å². The Kier molecular flexibility index (Phi) is 7.16.